The molecule has 1 aliphatic heterocycles. The molecule has 0 bridgehead atoms. The van der Waals surface area contributed by atoms with Gasteiger partial charge in [-0.3, -0.25) is 14.9 Å². The average molecular weight is 454 g/mol. The molecule has 0 saturated heterocycles. The standard InChI is InChI=1S/C23H20F2N4O4/c24-22(25)32-15-3-1-2-14(10-15)18-11-19(29-28-18)27-20(30)13-4-7-23(8-5-13)17-12-26-9-6-16(17)21(31)33-23/h1-3,6,9-13,22H,4-5,7-8H2,(H2,27,28,29,30)/t13-,23+. The van der Waals surface area contributed by atoms with E-state index in [2.05, 4.69) is 25.2 Å². The number of carbonyl (C=O) groups is 2. The zero-order valence-electron chi connectivity index (χ0n) is 17.4. The van der Waals surface area contributed by atoms with E-state index < -0.39 is 12.2 Å². The minimum atomic E-state index is -2.91. The molecule has 1 aromatic carbocycles. The van der Waals surface area contributed by atoms with Crippen molar-refractivity contribution in [2.45, 2.75) is 37.9 Å². The Morgan fingerprint density at radius 1 is 1.24 bits per heavy atom. The quantitative estimate of drug-likeness (QED) is 0.558. The van der Waals surface area contributed by atoms with Gasteiger partial charge in [-0.2, -0.15) is 13.9 Å². The van der Waals surface area contributed by atoms with Gasteiger partial charge in [0.25, 0.3) is 0 Å². The van der Waals surface area contributed by atoms with E-state index in [0.717, 1.165) is 5.56 Å². The molecule has 3 heterocycles. The number of amides is 1. The number of esters is 1. The van der Waals surface area contributed by atoms with E-state index >= 15 is 0 Å². The Morgan fingerprint density at radius 2 is 2.06 bits per heavy atom. The third kappa shape index (κ3) is 4.04. The number of nitrogens with zero attached hydrogens (tertiary/aromatic N) is 2. The Morgan fingerprint density at radius 3 is 2.85 bits per heavy atom. The number of carbonyl (C=O) groups excluding carboxylic acids is 2. The lowest BCUT2D eigenvalue weighted by Crippen LogP contribution is -2.36. The number of fused-ring (bicyclic) bond motifs is 2. The maximum Gasteiger partial charge on any atom is 0.387 e. The van der Waals surface area contributed by atoms with Crippen LogP contribution in [0.4, 0.5) is 14.6 Å². The minimum Gasteiger partial charge on any atom is -0.450 e. The first-order chi connectivity index (χ1) is 15.9. The van der Waals surface area contributed by atoms with E-state index in [4.69, 9.17) is 4.74 Å². The average Bonchev–Trinajstić information content (AvgIpc) is 3.37. The van der Waals surface area contributed by atoms with Gasteiger partial charge < -0.3 is 14.8 Å². The van der Waals surface area contributed by atoms with Crippen LogP contribution in [0.5, 0.6) is 5.75 Å². The highest BCUT2D eigenvalue weighted by atomic mass is 19.3. The maximum atomic E-state index is 12.8. The van der Waals surface area contributed by atoms with Gasteiger partial charge in [-0.05, 0) is 43.9 Å². The summed E-state index contributed by atoms with van der Waals surface area (Å²) in [5.41, 5.74) is 1.77. The molecule has 1 spiro atoms. The number of rotatable bonds is 5. The lowest BCUT2D eigenvalue weighted by atomic mass is 9.75. The van der Waals surface area contributed by atoms with Crippen LogP contribution in [0.15, 0.2) is 48.8 Å². The first kappa shape index (κ1) is 21.0. The molecule has 1 aliphatic carbocycles. The molecule has 0 atom stereocenters. The number of benzene rings is 1. The largest absolute Gasteiger partial charge is 0.450 e. The van der Waals surface area contributed by atoms with Crippen LogP contribution in [-0.2, 0) is 15.1 Å². The molecule has 8 nitrogen and oxygen atoms in total. The molecule has 33 heavy (non-hydrogen) atoms. The second kappa shape index (κ2) is 8.27. The first-order valence-electron chi connectivity index (χ1n) is 10.5. The molecule has 0 radical (unpaired) electrons. The SMILES string of the molecule is O=C1O[C@]2(CC[C@@H](C(=O)Nc3cc(-c4cccc(OC(F)F)c4)[nH]n3)CC2)c2cnccc21. The summed E-state index contributed by atoms with van der Waals surface area (Å²) in [6.45, 7) is -2.91. The Labute approximate surface area is 187 Å². The van der Waals surface area contributed by atoms with Crippen LogP contribution in [-0.4, -0.2) is 33.7 Å². The van der Waals surface area contributed by atoms with Gasteiger partial charge in [-0.1, -0.05) is 12.1 Å². The molecule has 1 saturated carbocycles. The molecule has 2 aromatic heterocycles. The smallest absolute Gasteiger partial charge is 0.387 e. The van der Waals surface area contributed by atoms with Crippen LogP contribution < -0.4 is 10.1 Å². The van der Waals surface area contributed by atoms with Crippen molar-refractivity contribution in [2.24, 2.45) is 5.92 Å². The Hall–Kier alpha value is -3.82. The van der Waals surface area contributed by atoms with Crippen molar-refractivity contribution in [3.05, 3.63) is 59.9 Å². The number of aromatic amines is 1. The van der Waals surface area contributed by atoms with Gasteiger partial charge in [0.1, 0.15) is 11.4 Å². The van der Waals surface area contributed by atoms with Crippen molar-refractivity contribution in [3.8, 4) is 17.0 Å². The van der Waals surface area contributed by atoms with Crippen molar-refractivity contribution in [3.63, 3.8) is 0 Å². The van der Waals surface area contributed by atoms with E-state index in [9.17, 15) is 18.4 Å². The zero-order chi connectivity index (χ0) is 23.0. The van der Waals surface area contributed by atoms with Crippen molar-refractivity contribution in [2.75, 3.05) is 5.32 Å². The third-order valence-corrected chi connectivity index (χ3v) is 6.18. The molecule has 1 amide bonds. The van der Waals surface area contributed by atoms with Gasteiger partial charge in [0.2, 0.25) is 5.91 Å². The molecule has 2 aliphatic rings. The summed E-state index contributed by atoms with van der Waals surface area (Å²) in [5.74, 6) is -0.408. The second-order valence-corrected chi connectivity index (χ2v) is 8.14. The molecular formula is C23H20F2N4O4. The number of H-pyrrole nitrogens is 1. The molecule has 5 rings (SSSR count). The summed E-state index contributed by atoms with van der Waals surface area (Å²) in [6, 6.07) is 9.49. The number of anilines is 1. The van der Waals surface area contributed by atoms with Gasteiger partial charge in [0.05, 0.1) is 11.3 Å². The van der Waals surface area contributed by atoms with Gasteiger partial charge in [0.15, 0.2) is 5.82 Å². The summed E-state index contributed by atoms with van der Waals surface area (Å²) in [7, 11) is 0. The van der Waals surface area contributed by atoms with Gasteiger partial charge in [-0.25, -0.2) is 4.79 Å². The molecule has 1 fully saturated rings. The fourth-order valence-electron chi connectivity index (χ4n) is 4.54. The molecule has 3 aromatic rings. The number of hydrogen-bond donors (Lipinski definition) is 2. The Bertz CT molecular complexity index is 1200. The highest BCUT2D eigenvalue weighted by Gasteiger charge is 2.48. The number of ether oxygens (including phenoxy) is 2. The molecule has 0 unspecified atom stereocenters. The monoisotopic (exact) mass is 454 g/mol. The maximum absolute atomic E-state index is 12.8. The van der Waals surface area contributed by atoms with Crippen LogP contribution in [0.3, 0.4) is 0 Å². The number of hydrogen-bond acceptors (Lipinski definition) is 6. The Kier molecular flexibility index (Phi) is 5.27. The predicted molar refractivity (Wildman–Crippen MR) is 113 cm³/mol. The van der Waals surface area contributed by atoms with E-state index in [1.807, 2.05) is 0 Å². The van der Waals surface area contributed by atoms with Crippen LogP contribution in [0.1, 0.15) is 41.6 Å². The normalized spacial score (nSPS) is 21.7. The summed E-state index contributed by atoms with van der Waals surface area (Å²) in [6.07, 6.45) is 5.43. The lowest BCUT2D eigenvalue weighted by molar-refractivity contribution is -0.122. The Balaban J connectivity index is 1.23. The van der Waals surface area contributed by atoms with Gasteiger partial charge in [-0.15, -0.1) is 0 Å². The number of aromatic nitrogens is 3. The fraction of sp³-hybridized carbons (Fsp3) is 0.304. The van der Waals surface area contributed by atoms with Crippen molar-refractivity contribution >= 4 is 17.7 Å². The molecular weight excluding hydrogens is 434 g/mol. The van der Waals surface area contributed by atoms with E-state index in [1.165, 1.54) is 12.1 Å². The van der Waals surface area contributed by atoms with Crippen LogP contribution in [0.2, 0.25) is 0 Å². The predicted octanol–water partition coefficient (Wildman–Crippen LogP) is 4.27. The fourth-order valence-corrected chi connectivity index (χ4v) is 4.54. The summed E-state index contributed by atoms with van der Waals surface area (Å²) in [5, 5.41) is 9.70. The van der Waals surface area contributed by atoms with Crippen molar-refractivity contribution in [1.29, 1.82) is 0 Å². The number of halogens is 2. The lowest BCUT2D eigenvalue weighted by Gasteiger charge is -2.35. The third-order valence-electron chi connectivity index (χ3n) is 6.18. The highest BCUT2D eigenvalue weighted by Crippen LogP contribution is 2.47. The summed E-state index contributed by atoms with van der Waals surface area (Å²) >= 11 is 0. The van der Waals surface area contributed by atoms with Crippen LogP contribution in [0, 0.1) is 5.92 Å². The van der Waals surface area contributed by atoms with Crippen LogP contribution >= 0.6 is 0 Å². The van der Waals surface area contributed by atoms with Crippen molar-refractivity contribution < 1.29 is 27.8 Å². The van der Waals surface area contributed by atoms with E-state index in [0.29, 0.717) is 48.3 Å². The molecule has 170 valence electrons. The topological polar surface area (TPSA) is 106 Å². The van der Waals surface area contributed by atoms with Crippen molar-refractivity contribution in [1.82, 2.24) is 15.2 Å². The highest BCUT2D eigenvalue weighted by molar-refractivity contribution is 5.95. The number of alkyl halides is 2. The number of nitrogens with one attached hydrogen (secondary N) is 2. The summed E-state index contributed by atoms with van der Waals surface area (Å²) < 4.78 is 35.0. The zero-order valence-corrected chi connectivity index (χ0v) is 17.4. The van der Waals surface area contributed by atoms with Gasteiger partial charge in [0, 0.05) is 35.5 Å². The number of pyridine rings is 1. The van der Waals surface area contributed by atoms with Crippen LogP contribution in [0.25, 0.3) is 11.3 Å². The first-order valence-corrected chi connectivity index (χ1v) is 10.5. The van der Waals surface area contributed by atoms with E-state index in [1.54, 1.807) is 36.7 Å². The molecule has 10 heteroatoms. The molecule has 2 N–H and O–H groups in total. The van der Waals surface area contributed by atoms with E-state index in [-0.39, 0.29) is 23.5 Å². The minimum absolute atomic E-state index is 0.0307. The second-order valence-electron chi connectivity index (χ2n) is 8.14. The summed E-state index contributed by atoms with van der Waals surface area (Å²) in [4.78, 5) is 29.1. The van der Waals surface area contributed by atoms with Gasteiger partial charge >= 0.3 is 12.6 Å².